The van der Waals surface area contributed by atoms with Gasteiger partial charge in [-0.1, -0.05) is 36.4 Å². The fraction of sp³-hybridized carbons (Fsp3) is 0.385. The van der Waals surface area contributed by atoms with E-state index in [-0.39, 0.29) is 11.9 Å². The van der Waals surface area contributed by atoms with E-state index >= 15 is 0 Å². The van der Waals surface area contributed by atoms with Gasteiger partial charge >= 0.3 is 0 Å². The van der Waals surface area contributed by atoms with Crippen molar-refractivity contribution in [1.82, 2.24) is 9.80 Å². The van der Waals surface area contributed by atoms with Crippen molar-refractivity contribution >= 4 is 26.5 Å². The molecule has 174 valence electrons. The van der Waals surface area contributed by atoms with Crippen molar-refractivity contribution in [2.75, 3.05) is 44.6 Å². The van der Waals surface area contributed by atoms with E-state index in [1.165, 1.54) is 5.56 Å². The van der Waals surface area contributed by atoms with Gasteiger partial charge in [0, 0.05) is 18.0 Å². The second kappa shape index (κ2) is 8.70. The average Bonchev–Trinajstić information content (AvgIpc) is 3.03. The molecular weight excluding hydrogens is 437 g/mol. The van der Waals surface area contributed by atoms with Crippen LogP contribution in [0.5, 0.6) is 0 Å². The number of benzene rings is 3. The standard InChI is InChI=1S/C26H30FN3O2S/c1-28(2)23(17-29-15-13-20(14-16-29)19-9-11-22(27)12-10-19)18-30-24-7-3-5-21-6-4-8-25(26(21)24)33(30,31)32/h3-12,20,23H,13-18H2,1-2H3. The zero-order valence-corrected chi connectivity index (χ0v) is 19.9. The molecule has 2 aliphatic heterocycles. The first-order valence-corrected chi connectivity index (χ1v) is 13.0. The van der Waals surface area contributed by atoms with Crippen LogP contribution in [0.1, 0.15) is 24.3 Å². The van der Waals surface area contributed by atoms with Gasteiger partial charge in [0.05, 0.1) is 17.1 Å². The summed E-state index contributed by atoms with van der Waals surface area (Å²) in [5, 5.41) is 1.79. The summed E-state index contributed by atoms with van der Waals surface area (Å²) < 4.78 is 41.7. The van der Waals surface area contributed by atoms with Gasteiger partial charge in [0.1, 0.15) is 5.82 Å². The summed E-state index contributed by atoms with van der Waals surface area (Å²) >= 11 is 0. The molecule has 0 N–H and O–H groups in total. The van der Waals surface area contributed by atoms with E-state index in [1.807, 2.05) is 56.6 Å². The highest BCUT2D eigenvalue weighted by Gasteiger charge is 2.37. The van der Waals surface area contributed by atoms with Gasteiger partial charge in [0.15, 0.2) is 0 Å². The zero-order valence-electron chi connectivity index (χ0n) is 19.1. The summed E-state index contributed by atoms with van der Waals surface area (Å²) in [6, 6.07) is 18.3. The highest BCUT2D eigenvalue weighted by molar-refractivity contribution is 7.93. The Morgan fingerprint density at radius 3 is 2.30 bits per heavy atom. The summed E-state index contributed by atoms with van der Waals surface area (Å²) in [5.41, 5.74) is 1.99. The van der Waals surface area contributed by atoms with E-state index in [2.05, 4.69) is 9.80 Å². The molecule has 5 rings (SSSR count). The highest BCUT2D eigenvalue weighted by atomic mass is 32.2. The minimum absolute atomic E-state index is 0.0618. The number of likely N-dealkylation sites (tertiary alicyclic amines) is 1. The average molecular weight is 468 g/mol. The maximum Gasteiger partial charge on any atom is 0.265 e. The lowest BCUT2D eigenvalue weighted by Gasteiger charge is -2.37. The van der Waals surface area contributed by atoms with Crippen LogP contribution in [-0.2, 0) is 10.0 Å². The highest BCUT2D eigenvalue weighted by Crippen LogP contribution is 2.42. The van der Waals surface area contributed by atoms with Crippen LogP contribution in [-0.4, -0.2) is 64.5 Å². The van der Waals surface area contributed by atoms with Crippen LogP contribution < -0.4 is 4.31 Å². The maximum atomic E-state index is 13.4. The Bertz CT molecular complexity index is 1250. The quantitative estimate of drug-likeness (QED) is 0.542. The Morgan fingerprint density at radius 1 is 0.970 bits per heavy atom. The number of hydrogen-bond donors (Lipinski definition) is 0. The Hall–Kier alpha value is -2.48. The predicted octanol–water partition coefficient (Wildman–Crippen LogP) is 4.30. The van der Waals surface area contributed by atoms with E-state index in [9.17, 15) is 12.8 Å². The molecule has 5 nitrogen and oxygen atoms in total. The topological polar surface area (TPSA) is 43.9 Å². The van der Waals surface area contributed by atoms with Gasteiger partial charge in [-0.15, -0.1) is 0 Å². The van der Waals surface area contributed by atoms with E-state index in [0.29, 0.717) is 17.4 Å². The van der Waals surface area contributed by atoms with Crippen LogP contribution in [0.15, 0.2) is 65.6 Å². The van der Waals surface area contributed by atoms with Crippen LogP contribution in [0.2, 0.25) is 0 Å². The largest absolute Gasteiger partial charge is 0.303 e. The zero-order chi connectivity index (χ0) is 23.2. The Labute approximate surface area is 195 Å². The van der Waals surface area contributed by atoms with Crippen molar-refractivity contribution in [1.29, 1.82) is 0 Å². The first-order chi connectivity index (χ1) is 15.8. The third-order valence-electron chi connectivity index (χ3n) is 7.19. The summed E-state index contributed by atoms with van der Waals surface area (Å²) in [4.78, 5) is 4.97. The third kappa shape index (κ3) is 4.14. The van der Waals surface area contributed by atoms with Gasteiger partial charge < -0.3 is 9.80 Å². The van der Waals surface area contributed by atoms with Crippen molar-refractivity contribution in [3.05, 3.63) is 72.0 Å². The Kier molecular flexibility index (Phi) is 5.89. The lowest BCUT2D eigenvalue weighted by molar-refractivity contribution is 0.156. The van der Waals surface area contributed by atoms with Crippen molar-refractivity contribution in [3.63, 3.8) is 0 Å². The number of rotatable bonds is 6. The minimum Gasteiger partial charge on any atom is -0.303 e. The van der Waals surface area contributed by atoms with Crippen LogP contribution in [0.3, 0.4) is 0 Å². The number of hydrogen-bond acceptors (Lipinski definition) is 4. The van der Waals surface area contributed by atoms with E-state index in [1.54, 1.807) is 22.5 Å². The molecule has 0 amide bonds. The minimum atomic E-state index is -3.56. The molecule has 0 aliphatic carbocycles. The van der Waals surface area contributed by atoms with E-state index < -0.39 is 10.0 Å². The molecular formula is C26H30FN3O2S. The van der Waals surface area contributed by atoms with Gasteiger partial charge in [0.2, 0.25) is 0 Å². The molecule has 0 aromatic heterocycles. The fourth-order valence-electron chi connectivity index (χ4n) is 5.21. The molecule has 3 aromatic rings. The van der Waals surface area contributed by atoms with Crippen molar-refractivity contribution in [3.8, 4) is 0 Å². The summed E-state index contributed by atoms with van der Waals surface area (Å²) in [6.07, 6.45) is 2.05. The summed E-state index contributed by atoms with van der Waals surface area (Å²) in [5.74, 6) is 0.255. The van der Waals surface area contributed by atoms with Gasteiger partial charge in [-0.25, -0.2) is 12.8 Å². The molecule has 33 heavy (non-hydrogen) atoms. The van der Waals surface area contributed by atoms with Crippen molar-refractivity contribution in [2.24, 2.45) is 0 Å². The first-order valence-electron chi connectivity index (χ1n) is 11.5. The number of likely N-dealkylation sites (N-methyl/N-ethyl adjacent to an activating group) is 1. The number of nitrogens with zero attached hydrogens (tertiary/aromatic N) is 3. The summed E-state index contributed by atoms with van der Waals surface area (Å²) in [6.45, 7) is 3.13. The number of halogens is 1. The van der Waals surface area contributed by atoms with Gasteiger partial charge in [-0.05, 0) is 81.2 Å². The van der Waals surface area contributed by atoms with Gasteiger partial charge in [-0.2, -0.15) is 0 Å². The first kappa shape index (κ1) is 22.3. The SMILES string of the molecule is CN(C)C(CN1CCC(c2ccc(F)cc2)CC1)CN1c2cccc3cccc(c23)S1(=O)=O. The normalized spacial score (nSPS) is 19.5. The molecule has 1 unspecified atom stereocenters. The molecule has 1 atom stereocenters. The van der Waals surface area contributed by atoms with E-state index in [4.69, 9.17) is 0 Å². The molecule has 2 heterocycles. The second-order valence-corrected chi connectivity index (χ2v) is 11.2. The van der Waals surface area contributed by atoms with Crippen LogP contribution in [0, 0.1) is 5.82 Å². The molecule has 1 saturated heterocycles. The van der Waals surface area contributed by atoms with Crippen molar-refractivity contribution in [2.45, 2.75) is 29.7 Å². The molecule has 0 bridgehead atoms. The molecule has 3 aromatic carbocycles. The fourth-order valence-corrected chi connectivity index (χ4v) is 6.96. The maximum absolute atomic E-state index is 13.4. The van der Waals surface area contributed by atoms with Crippen molar-refractivity contribution < 1.29 is 12.8 Å². The molecule has 0 saturated carbocycles. The molecule has 1 fully saturated rings. The van der Waals surface area contributed by atoms with Crippen LogP contribution >= 0.6 is 0 Å². The second-order valence-electron chi connectivity index (χ2n) is 9.41. The molecule has 0 spiro atoms. The lowest BCUT2D eigenvalue weighted by atomic mass is 9.89. The number of piperidine rings is 1. The molecule has 2 aliphatic rings. The Morgan fingerprint density at radius 2 is 1.64 bits per heavy atom. The van der Waals surface area contributed by atoms with Gasteiger partial charge in [-0.3, -0.25) is 4.31 Å². The summed E-state index contributed by atoms with van der Waals surface area (Å²) in [7, 11) is 0.482. The van der Waals surface area contributed by atoms with Gasteiger partial charge in [0.25, 0.3) is 10.0 Å². The molecule has 0 radical (unpaired) electrons. The monoisotopic (exact) mass is 467 g/mol. The lowest BCUT2D eigenvalue weighted by Crippen LogP contribution is -2.49. The van der Waals surface area contributed by atoms with Crippen LogP contribution in [0.4, 0.5) is 10.1 Å². The third-order valence-corrected chi connectivity index (χ3v) is 9.01. The van der Waals surface area contributed by atoms with E-state index in [0.717, 1.165) is 48.9 Å². The van der Waals surface area contributed by atoms with Crippen LogP contribution in [0.25, 0.3) is 10.8 Å². The number of sulfonamides is 1. The Balaban J connectivity index is 1.30. The number of anilines is 1. The smallest absolute Gasteiger partial charge is 0.265 e. The predicted molar refractivity (Wildman–Crippen MR) is 131 cm³/mol. The molecule has 7 heteroatoms.